The molecule has 0 aliphatic heterocycles. The maximum Gasteiger partial charge on any atom is 0.116 e. The van der Waals surface area contributed by atoms with Gasteiger partial charge >= 0.3 is 0 Å². The Morgan fingerprint density at radius 2 is 1.81 bits per heavy atom. The zero-order valence-corrected chi connectivity index (χ0v) is 12.8. The molecule has 2 heteroatoms. The third kappa shape index (κ3) is 4.47. The number of hydrogen-bond donors (Lipinski definition) is 1. The van der Waals surface area contributed by atoms with E-state index in [-0.39, 0.29) is 5.75 Å². The molecule has 2 aromatic carbocycles. The van der Waals surface area contributed by atoms with Crippen molar-refractivity contribution in [1.82, 2.24) is 4.90 Å². The van der Waals surface area contributed by atoms with Crippen molar-refractivity contribution in [3.63, 3.8) is 0 Å². The van der Waals surface area contributed by atoms with Gasteiger partial charge in [-0.25, -0.2) is 0 Å². The van der Waals surface area contributed by atoms with Gasteiger partial charge in [0.05, 0.1) is 0 Å². The number of rotatable bonds is 6. The normalized spacial score (nSPS) is 12.3. The molecule has 0 aliphatic rings. The van der Waals surface area contributed by atoms with Gasteiger partial charge in [0.2, 0.25) is 0 Å². The zero-order valence-electron chi connectivity index (χ0n) is 12.8. The molecule has 2 nitrogen and oxygen atoms in total. The number of benzene rings is 2. The van der Waals surface area contributed by atoms with E-state index in [0.717, 1.165) is 24.0 Å². The highest BCUT2D eigenvalue weighted by Gasteiger charge is 2.14. The second-order valence-electron chi connectivity index (χ2n) is 5.67. The first kappa shape index (κ1) is 15.3. The van der Waals surface area contributed by atoms with E-state index in [4.69, 9.17) is 0 Å². The van der Waals surface area contributed by atoms with Crippen molar-refractivity contribution in [3.05, 3.63) is 72.3 Å². The number of nitrogens with zero attached hydrogens (tertiary/aromatic N) is 1. The lowest BCUT2D eigenvalue weighted by Gasteiger charge is -2.25. The molecule has 0 heterocycles. The Balaban J connectivity index is 2.08. The standard InChI is InChI=1S/C19H23NO/c1-15(17-10-7-11-19(21)14-17)12-18(20(2)3)13-16-8-5-4-6-9-16/h4-11,14,18,21H,1,12-13H2,2-3H3. The van der Waals surface area contributed by atoms with Crippen LogP contribution in [0.1, 0.15) is 17.5 Å². The van der Waals surface area contributed by atoms with Crippen molar-refractivity contribution in [3.8, 4) is 5.75 Å². The van der Waals surface area contributed by atoms with E-state index in [1.165, 1.54) is 5.56 Å². The largest absolute Gasteiger partial charge is 0.508 e. The van der Waals surface area contributed by atoms with Crippen LogP contribution in [0.4, 0.5) is 0 Å². The summed E-state index contributed by atoms with van der Waals surface area (Å²) in [5, 5.41) is 9.59. The lowest BCUT2D eigenvalue weighted by atomic mass is 9.95. The van der Waals surface area contributed by atoms with E-state index in [0.29, 0.717) is 6.04 Å². The van der Waals surface area contributed by atoms with Crippen molar-refractivity contribution >= 4 is 5.57 Å². The van der Waals surface area contributed by atoms with E-state index >= 15 is 0 Å². The molecule has 0 spiro atoms. The molecular weight excluding hydrogens is 258 g/mol. The molecule has 0 fully saturated rings. The quantitative estimate of drug-likeness (QED) is 0.866. The first-order chi connectivity index (χ1) is 10.1. The molecule has 0 amide bonds. The van der Waals surface area contributed by atoms with Gasteiger partial charge in [0, 0.05) is 6.04 Å². The molecule has 2 aromatic rings. The summed E-state index contributed by atoms with van der Waals surface area (Å²) in [4.78, 5) is 2.24. The maximum atomic E-state index is 9.59. The van der Waals surface area contributed by atoms with Gasteiger partial charge in [0.15, 0.2) is 0 Å². The molecule has 2 rings (SSSR count). The van der Waals surface area contributed by atoms with Crippen LogP contribution in [0.15, 0.2) is 61.2 Å². The van der Waals surface area contributed by atoms with Crippen LogP contribution in [0.25, 0.3) is 5.57 Å². The maximum absolute atomic E-state index is 9.59. The smallest absolute Gasteiger partial charge is 0.116 e. The van der Waals surface area contributed by atoms with Crippen LogP contribution in [-0.2, 0) is 6.42 Å². The Kier molecular flexibility index (Phi) is 5.18. The number of likely N-dealkylation sites (N-methyl/N-ethyl adjacent to an activating group) is 1. The third-order valence-electron chi connectivity index (χ3n) is 3.78. The predicted octanol–water partition coefficient (Wildman–Crippen LogP) is 3.97. The average molecular weight is 281 g/mol. The zero-order chi connectivity index (χ0) is 15.2. The Bertz CT molecular complexity index is 590. The lowest BCUT2D eigenvalue weighted by molar-refractivity contribution is 0.296. The minimum absolute atomic E-state index is 0.290. The fraction of sp³-hybridized carbons (Fsp3) is 0.263. The Hall–Kier alpha value is -2.06. The summed E-state index contributed by atoms with van der Waals surface area (Å²) in [5.74, 6) is 0.290. The van der Waals surface area contributed by atoms with E-state index in [9.17, 15) is 5.11 Å². The number of phenolic OH excluding ortho intramolecular Hbond substituents is 1. The summed E-state index contributed by atoms with van der Waals surface area (Å²) >= 11 is 0. The minimum Gasteiger partial charge on any atom is -0.508 e. The van der Waals surface area contributed by atoms with Gasteiger partial charge in [-0.1, -0.05) is 49.0 Å². The Morgan fingerprint density at radius 3 is 2.43 bits per heavy atom. The summed E-state index contributed by atoms with van der Waals surface area (Å²) in [7, 11) is 4.20. The first-order valence-electron chi connectivity index (χ1n) is 7.24. The van der Waals surface area contributed by atoms with Crippen LogP contribution in [0.5, 0.6) is 5.75 Å². The van der Waals surface area contributed by atoms with Crippen molar-refractivity contribution in [1.29, 1.82) is 0 Å². The second kappa shape index (κ2) is 7.09. The van der Waals surface area contributed by atoms with Crippen LogP contribution in [0, 0.1) is 0 Å². The molecule has 0 aromatic heterocycles. The predicted molar refractivity (Wildman–Crippen MR) is 89.4 cm³/mol. The van der Waals surface area contributed by atoms with E-state index in [2.05, 4.69) is 49.8 Å². The van der Waals surface area contributed by atoms with Crippen molar-refractivity contribution in [2.75, 3.05) is 14.1 Å². The number of aromatic hydroxyl groups is 1. The fourth-order valence-electron chi connectivity index (χ4n) is 2.45. The molecule has 0 aliphatic carbocycles. The van der Waals surface area contributed by atoms with Gasteiger partial charge < -0.3 is 10.0 Å². The monoisotopic (exact) mass is 281 g/mol. The highest BCUT2D eigenvalue weighted by Crippen LogP contribution is 2.24. The van der Waals surface area contributed by atoms with Gasteiger partial charge in [-0.05, 0) is 55.8 Å². The van der Waals surface area contributed by atoms with Crippen LogP contribution in [0.3, 0.4) is 0 Å². The molecule has 1 atom stereocenters. The summed E-state index contributed by atoms with van der Waals surface area (Å²) in [6.45, 7) is 4.19. The van der Waals surface area contributed by atoms with Crippen molar-refractivity contribution in [2.24, 2.45) is 0 Å². The van der Waals surface area contributed by atoms with Crippen LogP contribution < -0.4 is 0 Å². The minimum atomic E-state index is 0.290. The molecule has 0 saturated carbocycles. The summed E-state index contributed by atoms with van der Waals surface area (Å²) in [5.41, 5.74) is 3.40. The molecule has 1 N–H and O–H groups in total. The highest BCUT2D eigenvalue weighted by atomic mass is 16.3. The molecule has 0 saturated heterocycles. The number of phenols is 1. The fourth-order valence-corrected chi connectivity index (χ4v) is 2.45. The Morgan fingerprint density at radius 1 is 1.10 bits per heavy atom. The molecule has 1 unspecified atom stereocenters. The van der Waals surface area contributed by atoms with Gasteiger partial charge in [-0.15, -0.1) is 0 Å². The molecular formula is C19H23NO. The van der Waals surface area contributed by atoms with Crippen LogP contribution >= 0.6 is 0 Å². The van der Waals surface area contributed by atoms with Gasteiger partial charge in [0.25, 0.3) is 0 Å². The molecule has 0 bridgehead atoms. The van der Waals surface area contributed by atoms with Crippen LogP contribution in [-0.4, -0.2) is 30.1 Å². The van der Waals surface area contributed by atoms with Gasteiger partial charge in [0.1, 0.15) is 5.75 Å². The third-order valence-corrected chi connectivity index (χ3v) is 3.78. The SMILES string of the molecule is C=C(CC(Cc1ccccc1)N(C)C)c1cccc(O)c1. The van der Waals surface area contributed by atoms with Crippen molar-refractivity contribution in [2.45, 2.75) is 18.9 Å². The lowest BCUT2D eigenvalue weighted by Crippen LogP contribution is -2.30. The molecule has 0 radical (unpaired) electrons. The second-order valence-corrected chi connectivity index (χ2v) is 5.67. The average Bonchev–Trinajstić information content (AvgIpc) is 2.47. The van der Waals surface area contributed by atoms with Crippen molar-refractivity contribution < 1.29 is 5.11 Å². The first-order valence-corrected chi connectivity index (χ1v) is 7.24. The van der Waals surface area contributed by atoms with Crippen LogP contribution in [0.2, 0.25) is 0 Å². The summed E-state index contributed by atoms with van der Waals surface area (Å²) in [6.07, 6.45) is 1.87. The number of hydrogen-bond acceptors (Lipinski definition) is 2. The topological polar surface area (TPSA) is 23.5 Å². The summed E-state index contributed by atoms with van der Waals surface area (Å²) < 4.78 is 0. The molecule has 21 heavy (non-hydrogen) atoms. The van der Waals surface area contributed by atoms with E-state index < -0.39 is 0 Å². The molecule has 110 valence electrons. The van der Waals surface area contributed by atoms with E-state index in [1.54, 1.807) is 12.1 Å². The van der Waals surface area contributed by atoms with E-state index in [1.807, 2.05) is 18.2 Å². The summed E-state index contributed by atoms with van der Waals surface area (Å²) in [6, 6.07) is 18.2. The Labute approximate surface area is 127 Å². The highest BCUT2D eigenvalue weighted by molar-refractivity contribution is 5.65. The van der Waals surface area contributed by atoms with Gasteiger partial charge in [-0.2, -0.15) is 0 Å². The van der Waals surface area contributed by atoms with Gasteiger partial charge in [-0.3, -0.25) is 0 Å².